The molecule has 8 heteroatoms. The predicted octanol–water partition coefficient (Wildman–Crippen LogP) is 3.67. The molecule has 7 nitrogen and oxygen atoms in total. The summed E-state index contributed by atoms with van der Waals surface area (Å²) < 4.78 is 5.17. The van der Waals surface area contributed by atoms with Crippen LogP contribution < -0.4 is 11.1 Å². The second kappa shape index (κ2) is 9.38. The molecule has 0 radical (unpaired) electrons. The van der Waals surface area contributed by atoms with E-state index in [9.17, 15) is 19.2 Å². The fourth-order valence-electron chi connectivity index (χ4n) is 3.84. The first-order chi connectivity index (χ1) is 15.8. The van der Waals surface area contributed by atoms with Gasteiger partial charge in [0.15, 0.2) is 12.4 Å². The first-order valence-electron chi connectivity index (χ1n) is 10.5. The predicted molar refractivity (Wildman–Crippen MR) is 125 cm³/mol. The van der Waals surface area contributed by atoms with Gasteiger partial charge in [-0.25, -0.2) is 4.79 Å². The molecule has 3 N–H and O–H groups in total. The highest BCUT2D eigenvalue weighted by Crippen LogP contribution is 2.38. The molecule has 168 valence electrons. The molecular formula is C25H22N2O5S. The van der Waals surface area contributed by atoms with Crippen molar-refractivity contribution >= 4 is 39.9 Å². The van der Waals surface area contributed by atoms with E-state index in [0.717, 1.165) is 35.3 Å². The average Bonchev–Trinajstić information content (AvgIpc) is 3.38. The van der Waals surface area contributed by atoms with E-state index in [2.05, 4.69) is 5.32 Å². The maximum absolute atomic E-state index is 12.9. The molecule has 0 saturated carbocycles. The molecular weight excluding hydrogens is 440 g/mol. The van der Waals surface area contributed by atoms with Gasteiger partial charge in [0.1, 0.15) is 5.00 Å². The Bertz CT molecular complexity index is 1260. The maximum Gasteiger partial charge on any atom is 0.339 e. The highest BCUT2D eigenvalue weighted by atomic mass is 32.1. The lowest BCUT2D eigenvalue weighted by Crippen LogP contribution is -2.23. The maximum atomic E-state index is 12.9. The molecule has 2 amide bonds. The summed E-state index contributed by atoms with van der Waals surface area (Å²) >= 11 is 1.32. The number of amides is 2. The zero-order chi connectivity index (χ0) is 23.5. The number of nitrogens with two attached hydrogens (primary N) is 1. The third-order valence-electron chi connectivity index (χ3n) is 5.46. The second-order valence-electron chi connectivity index (χ2n) is 7.79. The molecule has 0 unspecified atom stereocenters. The van der Waals surface area contributed by atoms with E-state index in [0.29, 0.717) is 16.1 Å². The van der Waals surface area contributed by atoms with Gasteiger partial charge in [-0.15, -0.1) is 11.3 Å². The van der Waals surface area contributed by atoms with Gasteiger partial charge in [-0.3, -0.25) is 14.4 Å². The average molecular weight is 463 g/mol. The SMILES string of the molecule is Cc1ccc(C(=O)c2ccccc2C(=O)OCC(=O)Nc2sc3c(c2C(N)=O)CCC3)cc1. The van der Waals surface area contributed by atoms with Gasteiger partial charge in [0.05, 0.1) is 11.1 Å². The highest BCUT2D eigenvalue weighted by molar-refractivity contribution is 7.17. The molecule has 4 rings (SSSR count). The summed E-state index contributed by atoms with van der Waals surface area (Å²) in [5.74, 6) is -2.28. The van der Waals surface area contributed by atoms with E-state index < -0.39 is 24.4 Å². The van der Waals surface area contributed by atoms with Gasteiger partial charge in [-0.2, -0.15) is 0 Å². The number of fused-ring (bicyclic) bond motifs is 1. The van der Waals surface area contributed by atoms with Crippen molar-refractivity contribution < 1.29 is 23.9 Å². The monoisotopic (exact) mass is 462 g/mol. The third kappa shape index (κ3) is 4.70. The number of carbonyl (C=O) groups is 4. The fourth-order valence-corrected chi connectivity index (χ4v) is 5.15. The Hall–Kier alpha value is -3.78. The van der Waals surface area contributed by atoms with Gasteiger partial charge in [0.2, 0.25) is 0 Å². The zero-order valence-corrected chi connectivity index (χ0v) is 18.8. The molecule has 0 spiro atoms. The Morgan fingerprint density at radius 2 is 1.70 bits per heavy atom. The van der Waals surface area contributed by atoms with E-state index in [1.165, 1.54) is 17.4 Å². The normalized spacial score (nSPS) is 12.2. The lowest BCUT2D eigenvalue weighted by Gasteiger charge is -2.10. The summed E-state index contributed by atoms with van der Waals surface area (Å²) in [5.41, 5.74) is 8.46. The number of benzene rings is 2. The summed E-state index contributed by atoms with van der Waals surface area (Å²) in [6.07, 6.45) is 2.55. The first kappa shape index (κ1) is 22.4. The Morgan fingerprint density at radius 1 is 1.00 bits per heavy atom. The van der Waals surface area contributed by atoms with Crippen molar-refractivity contribution in [3.63, 3.8) is 0 Å². The minimum absolute atomic E-state index is 0.0730. The number of rotatable bonds is 7. The molecule has 0 saturated heterocycles. The van der Waals surface area contributed by atoms with Crippen molar-refractivity contribution in [2.45, 2.75) is 26.2 Å². The smallest absolute Gasteiger partial charge is 0.339 e. The minimum atomic E-state index is -0.787. The molecule has 1 aromatic heterocycles. The second-order valence-corrected chi connectivity index (χ2v) is 8.90. The van der Waals surface area contributed by atoms with Gasteiger partial charge in [-0.05, 0) is 37.8 Å². The van der Waals surface area contributed by atoms with Crippen LogP contribution in [0.15, 0.2) is 48.5 Å². The standard InChI is InChI=1S/C25H22N2O5S/c1-14-9-11-15(12-10-14)22(29)16-5-2-3-6-17(16)25(31)32-13-20(28)27-24-21(23(26)30)18-7-4-8-19(18)33-24/h2-3,5-6,9-12H,4,7-8,13H2,1H3,(H2,26,30)(H,27,28). The fraction of sp³-hybridized carbons (Fsp3) is 0.200. The van der Waals surface area contributed by atoms with Gasteiger partial charge >= 0.3 is 5.97 Å². The van der Waals surface area contributed by atoms with Crippen molar-refractivity contribution in [1.29, 1.82) is 0 Å². The van der Waals surface area contributed by atoms with Crippen LogP contribution in [0.4, 0.5) is 5.00 Å². The Kier molecular flexibility index (Phi) is 6.37. The van der Waals surface area contributed by atoms with Crippen LogP contribution in [0.25, 0.3) is 0 Å². The van der Waals surface area contributed by atoms with E-state index in [1.54, 1.807) is 30.3 Å². The molecule has 1 aliphatic rings. The first-order valence-corrected chi connectivity index (χ1v) is 11.3. The summed E-state index contributed by atoms with van der Waals surface area (Å²) in [4.78, 5) is 50.9. The Labute approximate surface area is 194 Å². The summed E-state index contributed by atoms with van der Waals surface area (Å²) in [6, 6.07) is 13.3. The lowest BCUT2D eigenvalue weighted by atomic mass is 9.98. The third-order valence-corrected chi connectivity index (χ3v) is 6.67. The number of anilines is 1. The molecule has 1 aliphatic carbocycles. The minimum Gasteiger partial charge on any atom is -0.452 e. The number of aryl methyl sites for hydroxylation is 2. The highest BCUT2D eigenvalue weighted by Gasteiger charge is 2.26. The van der Waals surface area contributed by atoms with Gasteiger partial charge < -0.3 is 15.8 Å². The van der Waals surface area contributed by atoms with Crippen molar-refractivity contribution in [2.75, 3.05) is 11.9 Å². The number of primary amides is 1. The van der Waals surface area contributed by atoms with Crippen molar-refractivity contribution in [3.05, 3.63) is 86.8 Å². The van der Waals surface area contributed by atoms with Crippen molar-refractivity contribution in [2.24, 2.45) is 5.73 Å². The molecule has 0 bridgehead atoms. The molecule has 1 heterocycles. The summed E-state index contributed by atoms with van der Waals surface area (Å²) in [7, 11) is 0. The number of esters is 1. The topological polar surface area (TPSA) is 116 Å². The largest absolute Gasteiger partial charge is 0.452 e. The molecule has 33 heavy (non-hydrogen) atoms. The number of carbonyl (C=O) groups excluding carboxylic acids is 4. The van der Waals surface area contributed by atoms with E-state index in [1.807, 2.05) is 19.1 Å². The number of nitrogens with one attached hydrogen (secondary N) is 1. The van der Waals surface area contributed by atoms with Crippen LogP contribution in [0.5, 0.6) is 0 Å². The van der Waals surface area contributed by atoms with Gasteiger partial charge in [0, 0.05) is 16.0 Å². The van der Waals surface area contributed by atoms with E-state index >= 15 is 0 Å². The Morgan fingerprint density at radius 3 is 2.39 bits per heavy atom. The summed E-state index contributed by atoms with van der Waals surface area (Å²) in [5, 5.41) is 3.01. The van der Waals surface area contributed by atoms with Crippen molar-refractivity contribution in [1.82, 2.24) is 0 Å². The van der Waals surface area contributed by atoms with Crippen LogP contribution in [-0.2, 0) is 22.4 Å². The van der Waals surface area contributed by atoms with Gasteiger partial charge in [0.25, 0.3) is 11.8 Å². The van der Waals surface area contributed by atoms with E-state index in [-0.39, 0.29) is 16.9 Å². The quantitative estimate of drug-likeness (QED) is 0.411. The molecule has 0 aliphatic heterocycles. The summed E-state index contributed by atoms with van der Waals surface area (Å²) in [6.45, 7) is 1.35. The number of hydrogen-bond donors (Lipinski definition) is 2. The van der Waals surface area contributed by atoms with Crippen molar-refractivity contribution in [3.8, 4) is 0 Å². The molecule has 3 aromatic rings. The number of thiophene rings is 1. The number of ether oxygens (including phenoxy) is 1. The van der Waals surface area contributed by atoms with Crippen LogP contribution in [0.2, 0.25) is 0 Å². The zero-order valence-electron chi connectivity index (χ0n) is 18.0. The van der Waals surface area contributed by atoms with Gasteiger partial charge in [-0.1, -0.05) is 48.0 Å². The van der Waals surface area contributed by atoms with Crippen LogP contribution >= 0.6 is 11.3 Å². The molecule has 2 aromatic carbocycles. The van der Waals surface area contributed by atoms with E-state index in [4.69, 9.17) is 10.5 Å². The molecule has 0 fully saturated rings. The number of hydrogen-bond acceptors (Lipinski definition) is 6. The van der Waals surface area contributed by atoms with Crippen LogP contribution in [0.1, 0.15) is 59.1 Å². The molecule has 0 atom stereocenters. The lowest BCUT2D eigenvalue weighted by molar-refractivity contribution is -0.119. The van der Waals surface area contributed by atoms with Crippen LogP contribution in [-0.4, -0.2) is 30.2 Å². The van der Waals surface area contributed by atoms with Crippen LogP contribution in [0, 0.1) is 6.92 Å². The number of ketones is 1. The van der Waals surface area contributed by atoms with Crippen LogP contribution in [0.3, 0.4) is 0 Å². The Balaban J connectivity index is 1.45.